The molecule has 142 valence electrons. The second-order valence-corrected chi connectivity index (χ2v) is 7.87. The van der Waals surface area contributed by atoms with Crippen LogP contribution in [-0.4, -0.2) is 36.8 Å². The first-order chi connectivity index (χ1) is 12.2. The van der Waals surface area contributed by atoms with E-state index in [9.17, 15) is 9.59 Å². The zero-order chi connectivity index (χ0) is 19.4. The molecule has 2 aromatic rings. The minimum Gasteiger partial charge on any atom is -0.370 e. The van der Waals surface area contributed by atoms with Crippen LogP contribution in [0.1, 0.15) is 47.8 Å². The van der Waals surface area contributed by atoms with Crippen LogP contribution in [0.2, 0.25) is 0 Å². The van der Waals surface area contributed by atoms with E-state index < -0.39 is 0 Å². The van der Waals surface area contributed by atoms with E-state index in [0.717, 1.165) is 29.3 Å². The summed E-state index contributed by atoms with van der Waals surface area (Å²) < 4.78 is 4.01. The fourth-order valence-corrected chi connectivity index (χ4v) is 3.59. The predicted molar refractivity (Wildman–Crippen MR) is 102 cm³/mol. The van der Waals surface area contributed by atoms with E-state index in [2.05, 4.69) is 24.0 Å². The molecular formula is C18H27N5O2S. The van der Waals surface area contributed by atoms with Crippen LogP contribution in [0, 0.1) is 19.8 Å². The molecule has 0 saturated carbocycles. The van der Waals surface area contributed by atoms with Crippen molar-refractivity contribution < 1.29 is 9.59 Å². The normalized spacial score (nSPS) is 11.3. The van der Waals surface area contributed by atoms with E-state index in [1.165, 1.54) is 11.8 Å². The van der Waals surface area contributed by atoms with Gasteiger partial charge in [0.1, 0.15) is 5.82 Å². The number of nitrogens with two attached hydrogens (primary N) is 1. The fraction of sp³-hybridized carbons (Fsp3) is 0.556. The maximum atomic E-state index is 12.6. The lowest BCUT2D eigenvalue weighted by atomic mass is 10.2. The molecule has 0 spiro atoms. The first-order valence-electron chi connectivity index (χ1n) is 8.70. The first kappa shape index (κ1) is 20.2. The molecule has 2 aromatic heterocycles. The fourth-order valence-electron chi connectivity index (χ4n) is 2.74. The predicted octanol–water partition coefficient (Wildman–Crippen LogP) is 2.28. The number of hydrogen-bond acceptors (Lipinski definition) is 5. The summed E-state index contributed by atoms with van der Waals surface area (Å²) in [6, 6.07) is 1.93. The number of carbonyl (C=O) groups is 2. The Hall–Kier alpha value is -2.09. The van der Waals surface area contributed by atoms with Crippen LogP contribution < -0.4 is 5.73 Å². The largest absolute Gasteiger partial charge is 0.370 e. The van der Waals surface area contributed by atoms with Crippen molar-refractivity contribution in [2.75, 3.05) is 5.75 Å². The standard InChI is InChI=1S/C18H27N5O2S/c1-11(2)9-23-17(7-6-16(19)25)20-21-18(23)26-10-15(24)14-8-12(3)22(5)13(14)4/h8,11H,6-7,9-10H2,1-5H3,(H2,19,25). The molecule has 8 heteroatoms. The molecular weight excluding hydrogens is 350 g/mol. The molecule has 0 fully saturated rings. The van der Waals surface area contributed by atoms with Crippen LogP contribution in [0.3, 0.4) is 0 Å². The van der Waals surface area contributed by atoms with Crippen LogP contribution in [0.25, 0.3) is 0 Å². The van der Waals surface area contributed by atoms with Gasteiger partial charge >= 0.3 is 0 Å². The maximum absolute atomic E-state index is 12.6. The smallest absolute Gasteiger partial charge is 0.217 e. The van der Waals surface area contributed by atoms with Gasteiger partial charge in [-0.05, 0) is 25.8 Å². The summed E-state index contributed by atoms with van der Waals surface area (Å²) in [7, 11) is 1.96. The van der Waals surface area contributed by atoms with Crippen LogP contribution in [-0.2, 0) is 24.8 Å². The Morgan fingerprint density at radius 1 is 1.27 bits per heavy atom. The number of hydrogen-bond donors (Lipinski definition) is 1. The highest BCUT2D eigenvalue weighted by molar-refractivity contribution is 7.99. The number of carbonyl (C=O) groups excluding carboxylic acids is 2. The van der Waals surface area contributed by atoms with Gasteiger partial charge in [0.2, 0.25) is 5.91 Å². The second-order valence-electron chi connectivity index (χ2n) is 6.93. The number of thioether (sulfide) groups is 1. The summed E-state index contributed by atoms with van der Waals surface area (Å²) >= 11 is 1.39. The van der Waals surface area contributed by atoms with E-state index in [1.807, 2.05) is 36.1 Å². The van der Waals surface area contributed by atoms with Crippen LogP contribution in [0.4, 0.5) is 0 Å². The van der Waals surface area contributed by atoms with E-state index >= 15 is 0 Å². The third kappa shape index (κ3) is 4.75. The molecule has 0 radical (unpaired) electrons. The highest BCUT2D eigenvalue weighted by Crippen LogP contribution is 2.22. The molecule has 2 heterocycles. The highest BCUT2D eigenvalue weighted by Gasteiger charge is 2.18. The minimum absolute atomic E-state index is 0.0778. The van der Waals surface area contributed by atoms with Gasteiger partial charge in [-0.3, -0.25) is 9.59 Å². The molecule has 0 unspecified atom stereocenters. The lowest BCUT2D eigenvalue weighted by Crippen LogP contribution is -2.15. The van der Waals surface area contributed by atoms with Gasteiger partial charge in [0.15, 0.2) is 10.9 Å². The topological polar surface area (TPSA) is 95.8 Å². The van der Waals surface area contributed by atoms with Gasteiger partial charge in [0.25, 0.3) is 0 Å². The summed E-state index contributed by atoms with van der Waals surface area (Å²) in [4.78, 5) is 23.7. The van der Waals surface area contributed by atoms with Crippen LogP contribution in [0.15, 0.2) is 11.2 Å². The second kappa shape index (κ2) is 8.53. The lowest BCUT2D eigenvalue weighted by molar-refractivity contribution is -0.118. The van der Waals surface area contributed by atoms with Crippen molar-refractivity contribution in [3.63, 3.8) is 0 Å². The molecule has 1 amide bonds. The van der Waals surface area contributed by atoms with Crippen molar-refractivity contribution in [3.8, 4) is 0 Å². The Kier molecular flexibility index (Phi) is 6.63. The molecule has 0 bridgehead atoms. The molecule has 0 aliphatic heterocycles. The Balaban J connectivity index is 2.13. The van der Waals surface area contributed by atoms with Gasteiger partial charge in [-0.1, -0.05) is 25.6 Å². The summed E-state index contributed by atoms with van der Waals surface area (Å²) in [5.41, 5.74) is 8.03. The zero-order valence-electron chi connectivity index (χ0n) is 16.1. The number of aryl methyl sites for hydroxylation is 2. The van der Waals surface area contributed by atoms with Crippen molar-refractivity contribution in [2.24, 2.45) is 18.7 Å². The number of primary amides is 1. The van der Waals surface area contributed by atoms with Gasteiger partial charge in [-0.2, -0.15) is 0 Å². The zero-order valence-corrected chi connectivity index (χ0v) is 16.9. The number of amides is 1. The van der Waals surface area contributed by atoms with E-state index in [1.54, 1.807) is 0 Å². The van der Waals surface area contributed by atoms with E-state index in [4.69, 9.17) is 5.73 Å². The summed E-state index contributed by atoms with van der Waals surface area (Å²) in [5.74, 6) is 1.15. The molecule has 2 N–H and O–H groups in total. The van der Waals surface area contributed by atoms with Gasteiger partial charge in [-0.15, -0.1) is 10.2 Å². The van der Waals surface area contributed by atoms with Gasteiger partial charge in [-0.25, -0.2) is 0 Å². The maximum Gasteiger partial charge on any atom is 0.217 e. The molecule has 7 nitrogen and oxygen atoms in total. The monoisotopic (exact) mass is 377 g/mol. The number of rotatable bonds is 9. The number of Topliss-reactive ketones (excluding diaryl/α,β-unsaturated/α-hetero) is 1. The third-order valence-corrected chi connectivity index (χ3v) is 5.31. The lowest BCUT2D eigenvalue weighted by Gasteiger charge is -2.12. The summed E-state index contributed by atoms with van der Waals surface area (Å²) in [6.45, 7) is 8.89. The number of nitrogens with zero attached hydrogens (tertiary/aromatic N) is 4. The Morgan fingerprint density at radius 2 is 1.96 bits per heavy atom. The van der Waals surface area contributed by atoms with Crippen LogP contribution >= 0.6 is 11.8 Å². The molecule has 0 aliphatic rings. The molecule has 0 aromatic carbocycles. The van der Waals surface area contributed by atoms with Crippen LogP contribution in [0.5, 0.6) is 0 Å². The molecule has 0 aliphatic carbocycles. The molecule has 0 atom stereocenters. The average Bonchev–Trinajstić information content (AvgIpc) is 3.06. The van der Waals surface area contributed by atoms with Crippen molar-refractivity contribution in [1.82, 2.24) is 19.3 Å². The van der Waals surface area contributed by atoms with Crippen molar-refractivity contribution >= 4 is 23.5 Å². The average molecular weight is 378 g/mol. The first-order valence-corrected chi connectivity index (χ1v) is 9.68. The van der Waals surface area contributed by atoms with Gasteiger partial charge < -0.3 is 14.9 Å². The number of aromatic nitrogens is 4. The number of ketones is 1. The third-order valence-electron chi connectivity index (χ3n) is 4.34. The Morgan fingerprint density at radius 3 is 2.50 bits per heavy atom. The molecule has 0 saturated heterocycles. The molecule has 26 heavy (non-hydrogen) atoms. The van der Waals surface area contributed by atoms with Crippen molar-refractivity contribution in [3.05, 3.63) is 28.8 Å². The minimum atomic E-state index is -0.358. The van der Waals surface area contributed by atoms with Crippen molar-refractivity contribution in [1.29, 1.82) is 0 Å². The van der Waals surface area contributed by atoms with Gasteiger partial charge in [0.05, 0.1) is 5.75 Å². The summed E-state index contributed by atoms with van der Waals surface area (Å²) in [5, 5.41) is 9.13. The Labute approximate surface area is 158 Å². The van der Waals surface area contributed by atoms with E-state index in [-0.39, 0.29) is 18.1 Å². The van der Waals surface area contributed by atoms with E-state index in [0.29, 0.717) is 23.2 Å². The molecule has 2 rings (SSSR count). The van der Waals surface area contributed by atoms with Crippen molar-refractivity contribution in [2.45, 2.75) is 52.2 Å². The quantitative estimate of drug-likeness (QED) is 0.534. The highest BCUT2D eigenvalue weighted by atomic mass is 32.2. The SMILES string of the molecule is Cc1cc(C(=O)CSc2nnc(CCC(N)=O)n2CC(C)C)c(C)n1C. The Bertz CT molecular complexity index is 807. The van der Waals surface area contributed by atoms with Gasteiger partial charge in [0, 0.05) is 43.4 Å². The summed E-state index contributed by atoms with van der Waals surface area (Å²) in [6.07, 6.45) is 0.697.